The molecule has 0 spiro atoms. The van der Waals surface area contributed by atoms with Crippen LogP contribution < -0.4 is 20.1 Å². The minimum Gasteiger partial charge on any atom is -0.497 e. The largest absolute Gasteiger partial charge is 0.497 e. The standard InChI is InChI=1S/C22H22N2O4/c1-26-20-11-3-16(4-12-20)15-28-22(25)24-19-7-5-17(6-8-19)23-18-9-13-21(27-2)14-10-18/h3-14,23H,15H2,1-2H3,(H,24,25). The van der Waals surface area contributed by atoms with Crippen LogP contribution in [-0.4, -0.2) is 20.3 Å². The highest BCUT2D eigenvalue weighted by atomic mass is 16.5. The molecule has 0 saturated carbocycles. The third-order valence-electron chi connectivity index (χ3n) is 4.04. The molecule has 0 unspecified atom stereocenters. The van der Waals surface area contributed by atoms with E-state index in [1.165, 1.54) is 0 Å². The van der Waals surface area contributed by atoms with Crippen molar-refractivity contribution in [2.75, 3.05) is 24.9 Å². The van der Waals surface area contributed by atoms with Crippen molar-refractivity contribution in [3.05, 3.63) is 78.4 Å². The highest BCUT2D eigenvalue weighted by Crippen LogP contribution is 2.21. The number of hydrogen-bond donors (Lipinski definition) is 2. The molecule has 0 aromatic heterocycles. The van der Waals surface area contributed by atoms with Crippen LogP contribution in [0.15, 0.2) is 72.8 Å². The highest BCUT2D eigenvalue weighted by Gasteiger charge is 2.05. The van der Waals surface area contributed by atoms with E-state index in [4.69, 9.17) is 14.2 Å². The third kappa shape index (κ3) is 5.41. The minimum absolute atomic E-state index is 0.187. The maximum Gasteiger partial charge on any atom is 0.411 e. The predicted molar refractivity (Wildman–Crippen MR) is 110 cm³/mol. The number of carbonyl (C=O) groups excluding carboxylic acids is 1. The van der Waals surface area contributed by atoms with Gasteiger partial charge in [0.25, 0.3) is 0 Å². The molecule has 0 saturated heterocycles. The van der Waals surface area contributed by atoms with Gasteiger partial charge in [0.1, 0.15) is 18.1 Å². The molecule has 6 heteroatoms. The predicted octanol–water partition coefficient (Wildman–Crippen LogP) is 5.20. The first-order valence-electron chi connectivity index (χ1n) is 8.74. The van der Waals surface area contributed by atoms with E-state index in [2.05, 4.69) is 10.6 Å². The molecule has 0 aliphatic rings. The quantitative estimate of drug-likeness (QED) is 0.592. The van der Waals surface area contributed by atoms with Gasteiger partial charge in [0, 0.05) is 17.1 Å². The Morgan fingerprint density at radius 2 is 1.18 bits per heavy atom. The van der Waals surface area contributed by atoms with Gasteiger partial charge in [0.2, 0.25) is 0 Å². The van der Waals surface area contributed by atoms with Crippen LogP contribution in [0.5, 0.6) is 11.5 Å². The molecule has 1 amide bonds. The molecule has 0 heterocycles. The number of rotatable bonds is 7. The van der Waals surface area contributed by atoms with E-state index in [1.54, 1.807) is 26.4 Å². The summed E-state index contributed by atoms with van der Waals surface area (Å²) in [5.41, 5.74) is 3.39. The van der Waals surface area contributed by atoms with Crippen LogP contribution in [-0.2, 0) is 11.3 Å². The fourth-order valence-corrected chi connectivity index (χ4v) is 2.50. The number of anilines is 3. The molecule has 0 aliphatic carbocycles. The van der Waals surface area contributed by atoms with Crippen LogP contribution in [0.2, 0.25) is 0 Å². The van der Waals surface area contributed by atoms with Crippen molar-refractivity contribution in [3.63, 3.8) is 0 Å². The Labute approximate surface area is 164 Å². The Hall–Kier alpha value is -3.67. The van der Waals surface area contributed by atoms with Crippen LogP contribution in [0.25, 0.3) is 0 Å². The van der Waals surface area contributed by atoms with E-state index < -0.39 is 6.09 Å². The summed E-state index contributed by atoms with van der Waals surface area (Å²) in [7, 11) is 3.24. The van der Waals surface area contributed by atoms with Crippen LogP contribution in [0, 0.1) is 0 Å². The first-order valence-corrected chi connectivity index (χ1v) is 8.74. The van der Waals surface area contributed by atoms with Crippen molar-refractivity contribution in [1.29, 1.82) is 0 Å². The molecule has 2 N–H and O–H groups in total. The molecule has 0 fully saturated rings. The number of benzene rings is 3. The van der Waals surface area contributed by atoms with E-state index in [-0.39, 0.29) is 6.61 Å². The molecular formula is C22H22N2O4. The van der Waals surface area contributed by atoms with Gasteiger partial charge in [-0.15, -0.1) is 0 Å². The maximum atomic E-state index is 12.0. The number of nitrogens with one attached hydrogen (secondary N) is 2. The van der Waals surface area contributed by atoms with E-state index in [1.807, 2.05) is 60.7 Å². The second-order valence-electron chi connectivity index (χ2n) is 5.98. The Balaban J connectivity index is 1.49. The number of hydrogen-bond acceptors (Lipinski definition) is 5. The van der Waals surface area contributed by atoms with Crippen LogP contribution in [0.4, 0.5) is 21.9 Å². The van der Waals surface area contributed by atoms with Crippen LogP contribution in [0.1, 0.15) is 5.56 Å². The summed E-state index contributed by atoms with van der Waals surface area (Å²) < 4.78 is 15.5. The number of carbonyl (C=O) groups is 1. The zero-order chi connectivity index (χ0) is 19.8. The summed E-state index contributed by atoms with van der Waals surface area (Å²) in [6.45, 7) is 0.187. The Kier molecular flexibility index (Phi) is 6.36. The molecule has 6 nitrogen and oxygen atoms in total. The van der Waals surface area contributed by atoms with Crippen molar-refractivity contribution in [3.8, 4) is 11.5 Å². The highest BCUT2D eigenvalue weighted by molar-refractivity contribution is 5.85. The maximum absolute atomic E-state index is 12.0. The summed E-state index contributed by atoms with van der Waals surface area (Å²) >= 11 is 0. The SMILES string of the molecule is COc1ccc(COC(=O)Nc2ccc(Nc3ccc(OC)cc3)cc2)cc1. The summed E-state index contributed by atoms with van der Waals surface area (Å²) in [5.74, 6) is 1.56. The van der Waals surface area contributed by atoms with Gasteiger partial charge in [-0.2, -0.15) is 0 Å². The Morgan fingerprint density at radius 1 is 0.714 bits per heavy atom. The van der Waals surface area contributed by atoms with Crippen molar-refractivity contribution in [2.24, 2.45) is 0 Å². The smallest absolute Gasteiger partial charge is 0.411 e. The van der Waals surface area contributed by atoms with E-state index in [9.17, 15) is 4.79 Å². The van der Waals surface area contributed by atoms with E-state index in [0.717, 1.165) is 28.4 Å². The lowest BCUT2D eigenvalue weighted by atomic mass is 10.2. The first-order chi connectivity index (χ1) is 13.7. The monoisotopic (exact) mass is 378 g/mol. The summed E-state index contributed by atoms with van der Waals surface area (Å²) in [6, 6.07) is 22.4. The summed E-state index contributed by atoms with van der Waals surface area (Å²) in [4.78, 5) is 12.0. The van der Waals surface area contributed by atoms with Gasteiger partial charge in [0.05, 0.1) is 14.2 Å². The molecular weight excluding hydrogens is 356 g/mol. The fraction of sp³-hybridized carbons (Fsp3) is 0.136. The topological polar surface area (TPSA) is 68.8 Å². The zero-order valence-corrected chi connectivity index (χ0v) is 15.8. The van der Waals surface area contributed by atoms with Crippen molar-refractivity contribution in [1.82, 2.24) is 0 Å². The number of ether oxygens (including phenoxy) is 3. The molecule has 3 aromatic rings. The molecule has 0 bridgehead atoms. The van der Waals surface area contributed by atoms with E-state index >= 15 is 0 Å². The average Bonchev–Trinajstić information content (AvgIpc) is 2.74. The fourth-order valence-electron chi connectivity index (χ4n) is 2.50. The number of methoxy groups -OCH3 is 2. The van der Waals surface area contributed by atoms with Crippen molar-refractivity contribution >= 4 is 23.2 Å². The number of amides is 1. The van der Waals surface area contributed by atoms with Gasteiger partial charge in [-0.25, -0.2) is 4.79 Å². The average molecular weight is 378 g/mol. The minimum atomic E-state index is -0.508. The van der Waals surface area contributed by atoms with Gasteiger partial charge in [-0.3, -0.25) is 5.32 Å². The normalized spacial score (nSPS) is 10.1. The zero-order valence-electron chi connectivity index (χ0n) is 15.8. The van der Waals surface area contributed by atoms with Gasteiger partial charge < -0.3 is 19.5 Å². The molecule has 0 radical (unpaired) electrons. The summed E-state index contributed by atoms with van der Waals surface area (Å²) in [5, 5.41) is 5.99. The lowest BCUT2D eigenvalue weighted by Crippen LogP contribution is -2.13. The second-order valence-corrected chi connectivity index (χ2v) is 5.98. The van der Waals surface area contributed by atoms with Crippen molar-refractivity contribution < 1.29 is 19.0 Å². The Morgan fingerprint density at radius 3 is 1.71 bits per heavy atom. The lowest BCUT2D eigenvalue weighted by molar-refractivity contribution is 0.155. The van der Waals surface area contributed by atoms with Gasteiger partial charge in [-0.1, -0.05) is 12.1 Å². The molecule has 0 aliphatic heterocycles. The third-order valence-corrected chi connectivity index (χ3v) is 4.04. The van der Waals surface area contributed by atoms with Crippen molar-refractivity contribution in [2.45, 2.75) is 6.61 Å². The van der Waals surface area contributed by atoms with E-state index in [0.29, 0.717) is 5.69 Å². The van der Waals surface area contributed by atoms with Crippen LogP contribution >= 0.6 is 0 Å². The molecule has 0 atom stereocenters. The molecule has 144 valence electrons. The molecule has 28 heavy (non-hydrogen) atoms. The van der Waals surface area contributed by atoms with Gasteiger partial charge >= 0.3 is 6.09 Å². The first kappa shape index (κ1) is 19.1. The molecule has 3 rings (SSSR count). The second kappa shape index (κ2) is 9.32. The van der Waals surface area contributed by atoms with Gasteiger partial charge in [-0.05, 0) is 66.2 Å². The van der Waals surface area contributed by atoms with Crippen LogP contribution in [0.3, 0.4) is 0 Å². The Bertz CT molecular complexity index is 891. The molecule has 3 aromatic carbocycles. The van der Waals surface area contributed by atoms with Gasteiger partial charge in [0.15, 0.2) is 0 Å². The summed E-state index contributed by atoms with van der Waals surface area (Å²) in [6.07, 6.45) is -0.508. The lowest BCUT2D eigenvalue weighted by Gasteiger charge is -2.10.